The van der Waals surface area contributed by atoms with Crippen LogP contribution in [0.5, 0.6) is 0 Å². The van der Waals surface area contributed by atoms with E-state index in [0.717, 1.165) is 15.9 Å². The molecule has 2 amide bonds. The van der Waals surface area contributed by atoms with Gasteiger partial charge >= 0.3 is 0 Å². The molecular formula is C15H19N3O2S. The van der Waals surface area contributed by atoms with Crippen LogP contribution in [0.25, 0.3) is 10.2 Å². The van der Waals surface area contributed by atoms with Crippen molar-refractivity contribution < 1.29 is 9.59 Å². The van der Waals surface area contributed by atoms with E-state index in [4.69, 9.17) is 0 Å². The predicted molar refractivity (Wildman–Crippen MR) is 86.6 cm³/mol. The molecule has 0 fully saturated rings. The molecule has 0 saturated carbocycles. The number of fused-ring (bicyclic) bond motifs is 1. The van der Waals surface area contributed by atoms with E-state index in [1.165, 1.54) is 11.3 Å². The maximum absolute atomic E-state index is 11.7. The second-order valence-electron chi connectivity index (χ2n) is 5.49. The highest BCUT2D eigenvalue weighted by atomic mass is 32.1. The van der Waals surface area contributed by atoms with Gasteiger partial charge in [0.1, 0.15) is 0 Å². The molecule has 112 valence electrons. The third-order valence-electron chi connectivity index (χ3n) is 2.93. The van der Waals surface area contributed by atoms with Crippen molar-refractivity contribution in [1.82, 2.24) is 4.98 Å². The molecule has 0 bridgehead atoms. The van der Waals surface area contributed by atoms with Crippen LogP contribution < -0.4 is 10.6 Å². The van der Waals surface area contributed by atoms with Crippen LogP contribution in [-0.4, -0.2) is 16.8 Å². The van der Waals surface area contributed by atoms with E-state index in [1.54, 1.807) is 0 Å². The molecule has 0 unspecified atom stereocenters. The van der Waals surface area contributed by atoms with Crippen molar-refractivity contribution in [2.24, 2.45) is 11.8 Å². The lowest BCUT2D eigenvalue weighted by atomic mass is 10.2. The number of aromatic nitrogens is 1. The lowest BCUT2D eigenvalue weighted by Gasteiger charge is -2.06. The van der Waals surface area contributed by atoms with E-state index in [0.29, 0.717) is 5.13 Å². The Balaban J connectivity index is 2.20. The summed E-state index contributed by atoms with van der Waals surface area (Å²) in [5.41, 5.74) is 1.55. The maximum Gasteiger partial charge on any atom is 0.228 e. The largest absolute Gasteiger partial charge is 0.326 e. The van der Waals surface area contributed by atoms with E-state index in [1.807, 2.05) is 45.9 Å². The van der Waals surface area contributed by atoms with Crippen molar-refractivity contribution in [2.45, 2.75) is 27.7 Å². The van der Waals surface area contributed by atoms with Gasteiger partial charge in [-0.3, -0.25) is 9.59 Å². The van der Waals surface area contributed by atoms with Crippen LogP contribution in [-0.2, 0) is 9.59 Å². The van der Waals surface area contributed by atoms with Gasteiger partial charge in [-0.2, -0.15) is 0 Å². The third kappa shape index (κ3) is 3.78. The number of carbonyl (C=O) groups is 2. The van der Waals surface area contributed by atoms with Crippen LogP contribution in [0.4, 0.5) is 10.8 Å². The highest BCUT2D eigenvalue weighted by molar-refractivity contribution is 7.22. The summed E-state index contributed by atoms with van der Waals surface area (Å²) in [6, 6.07) is 5.53. The van der Waals surface area contributed by atoms with E-state index in [-0.39, 0.29) is 23.7 Å². The highest BCUT2D eigenvalue weighted by Gasteiger charge is 2.12. The summed E-state index contributed by atoms with van der Waals surface area (Å²) in [5.74, 6) is -0.226. The molecule has 0 aliphatic carbocycles. The fourth-order valence-electron chi connectivity index (χ4n) is 1.59. The predicted octanol–water partition coefficient (Wildman–Crippen LogP) is 3.49. The summed E-state index contributed by atoms with van der Waals surface area (Å²) in [7, 11) is 0. The summed E-state index contributed by atoms with van der Waals surface area (Å²) < 4.78 is 0.926. The molecule has 0 radical (unpaired) electrons. The molecule has 1 aromatic carbocycles. The molecule has 2 N–H and O–H groups in total. The van der Waals surface area contributed by atoms with Gasteiger partial charge in [0.2, 0.25) is 11.8 Å². The number of hydrogen-bond acceptors (Lipinski definition) is 4. The van der Waals surface area contributed by atoms with Gasteiger partial charge in [0.15, 0.2) is 5.13 Å². The number of thiazole rings is 1. The Morgan fingerprint density at radius 3 is 2.29 bits per heavy atom. The van der Waals surface area contributed by atoms with Crippen LogP contribution in [0.15, 0.2) is 18.2 Å². The van der Waals surface area contributed by atoms with Gasteiger partial charge in [-0.15, -0.1) is 0 Å². The smallest absolute Gasteiger partial charge is 0.228 e. The molecule has 2 rings (SSSR count). The van der Waals surface area contributed by atoms with Gasteiger partial charge in [0.05, 0.1) is 10.2 Å². The summed E-state index contributed by atoms with van der Waals surface area (Å²) in [4.78, 5) is 27.7. The number of nitrogens with zero attached hydrogens (tertiary/aromatic N) is 1. The Labute approximate surface area is 127 Å². The molecule has 5 nitrogen and oxygen atoms in total. The SMILES string of the molecule is CC(C)C(=O)Nc1ccc2nc(NC(=O)C(C)C)sc2c1. The Kier molecular flexibility index (Phi) is 4.57. The first-order valence-corrected chi connectivity index (χ1v) is 7.70. The fourth-order valence-corrected chi connectivity index (χ4v) is 2.50. The molecule has 0 aliphatic heterocycles. The Morgan fingerprint density at radius 1 is 1.05 bits per heavy atom. The molecule has 0 saturated heterocycles. The Morgan fingerprint density at radius 2 is 1.67 bits per heavy atom. The second kappa shape index (κ2) is 6.22. The molecule has 1 heterocycles. The number of carbonyl (C=O) groups excluding carboxylic acids is 2. The molecule has 2 aromatic rings. The van der Waals surface area contributed by atoms with Gasteiger partial charge in [0, 0.05) is 17.5 Å². The normalized spacial score (nSPS) is 11.1. The van der Waals surface area contributed by atoms with Crippen molar-refractivity contribution in [2.75, 3.05) is 10.6 Å². The summed E-state index contributed by atoms with van der Waals surface area (Å²) >= 11 is 1.40. The minimum absolute atomic E-state index is 0.0211. The van der Waals surface area contributed by atoms with Gasteiger partial charge in [-0.05, 0) is 18.2 Å². The first-order chi connectivity index (χ1) is 9.86. The summed E-state index contributed by atoms with van der Waals surface area (Å²) in [6.07, 6.45) is 0. The van der Waals surface area contributed by atoms with Gasteiger partial charge in [-0.1, -0.05) is 39.0 Å². The molecule has 0 spiro atoms. The van der Waals surface area contributed by atoms with E-state index < -0.39 is 0 Å². The van der Waals surface area contributed by atoms with E-state index >= 15 is 0 Å². The number of amides is 2. The zero-order chi connectivity index (χ0) is 15.6. The molecular weight excluding hydrogens is 286 g/mol. The van der Waals surface area contributed by atoms with Crippen molar-refractivity contribution >= 4 is 44.2 Å². The Bertz CT molecular complexity index is 657. The monoisotopic (exact) mass is 305 g/mol. The van der Waals surface area contributed by atoms with Crippen LogP contribution >= 0.6 is 11.3 Å². The van der Waals surface area contributed by atoms with Crippen LogP contribution in [0.3, 0.4) is 0 Å². The van der Waals surface area contributed by atoms with Crippen LogP contribution in [0.1, 0.15) is 27.7 Å². The van der Waals surface area contributed by atoms with E-state index in [9.17, 15) is 9.59 Å². The van der Waals surface area contributed by atoms with Crippen LogP contribution in [0, 0.1) is 11.8 Å². The average Bonchev–Trinajstić information content (AvgIpc) is 2.79. The third-order valence-corrected chi connectivity index (χ3v) is 3.87. The minimum atomic E-state index is -0.0853. The quantitative estimate of drug-likeness (QED) is 0.908. The van der Waals surface area contributed by atoms with Crippen LogP contribution in [0.2, 0.25) is 0 Å². The lowest BCUT2D eigenvalue weighted by Crippen LogP contribution is -2.17. The second-order valence-corrected chi connectivity index (χ2v) is 6.52. The molecule has 0 atom stereocenters. The molecule has 21 heavy (non-hydrogen) atoms. The van der Waals surface area contributed by atoms with Crippen molar-refractivity contribution in [3.05, 3.63) is 18.2 Å². The molecule has 1 aromatic heterocycles. The first-order valence-electron chi connectivity index (χ1n) is 6.89. The van der Waals surface area contributed by atoms with Crippen molar-refractivity contribution in [1.29, 1.82) is 0 Å². The summed E-state index contributed by atoms with van der Waals surface area (Å²) in [6.45, 7) is 7.37. The first kappa shape index (κ1) is 15.4. The molecule has 6 heteroatoms. The lowest BCUT2D eigenvalue weighted by molar-refractivity contribution is -0.119. The number of benzene rings is 1. The Hall–Kier alpha value is -1.95. The summed E-state index contributed by atoms with van der Waals surface area (Å²) in [5, 5.41) is 6.22. The standard InChI is InChI=1S/C15H19N3O2S/c1-8(2)13(19)16-10-5-6-11-12(7-10)21-15(17-11)18-14(20)9(3)4/h5-9H,1-4H3,(H,16,19)(H,17,18,20). The maximum atomic E-state index is 11.7. The van der Waals surface area contributed by atoms with Gasteiger partial charge < -0.3 is 10.6 Å². The fraction of sp³-hybridized carbons (Fsp3) is 0.400. The highest BCUT2D eigenvalue weighted by Crippen LogP contribution is 2.28. The number of hydrogen-bond donors (Lipinski definition) is 2. The van der Waals surface area contributed by atoms with Gasteiger partial charge in [0.25, 0.3) is 0 Å². The topological polar surface area (TPSA) is 71.1 Å². The van der Waals surface area contributed by atoms with E-state index in [2.05, 4.69) is 15.6 Å². The van der Waals surface area contributed by atoms with Crippen molar-refractivity contribution in [3.63, 3.8) is 0 Å². The number of rotatable bonds is 4. The number of anilines is 2. The van der Waals surface area contributed by atoms with Crippen molar-refractivity contribution in [3.8, 4) is 0 Å². The average molecular weight is 305 g/mol. The number of nitrogens with one attached hydrogen (secondary N) is 2. The zero-order valence-corrected chi connectivity index (χ0v) is 13.4. The zero-order valence-electron chi connectivity index (χ0n) is 12.6. The van der Waals surface area contributed by atoms with Gasteiger partial charge in [-0.25, -0.2) is 4.98 Å². The molecule has 0 aliphatic rings. The minimum Gasteiger partial charge on any atom is -0.326 e.